The lowest BCUT2D eigenvalue weighted by molar-refractivity contribution is -0.120. The molecule has 0 bridgehead atoms. The summed E-state index contributed by atoms with van der Waals surface area (Å²) in [5, 5.41) is 22.1. The van der Waals surface area contributed by atoms with Gasteiger partial charge in [0.05, 0.1) is 23.4 Å². The molecule has 1 saturated heterocycles. The van der Waals surface area contributed by atoms with Gasteiger partial charge in [0.1, 0.15) is 6.07 Å². The molecular weight excluding hydrogens is 316 g/mol. The third-order valence-electron chi connectivity index (χ3n) is 4.68. The van der Waals surface area contributed by atoms with Gasteiger partial charge in [-0.1, -0.05) is 13.3 Å². The van der Waals surface area contributed by atoms with Crippen molar-refractivity contribution in [3.63, 3.8) is 0 Å². The predicted octanol–water partition coefficient (Wildman–Crippen LogP) is 2.19. The minimum Gasteiger partial charge on any atom is -0.393 e. The summed E-state index contributed by atoms with van der Waals surface area (Å²) < 4.78 is 0. The van der Waals surface area contributed by atoms with Gasteiger partial charge in [-0.2, -0.15) is 5.26 Å². The number of aliphatic hydroxyl groups excluding tert-OH is 1. The maximum absolute atomic E-state index is 12.5. The summed E-state index contributed by atoms with van der Waals surface area (Å²) in [7, 11) is 3.79. The first-order valence-electron chi connectivity index (χ1n) is 8.90. The highest BCUT2D eigenvalue weighted by Gasteiger charge is 2.22. The summed E-state index contributed by atoms with van der Waals surface area (Å²) >= 11 is 0. The fourth-order valence-corrected chi connectivity index (χ4v) is 3.21. The summed E-state index contributed by atoms with van der Waals surface area (Å²) in [4.78, 5) is 16.5. The zero-order chi connectivity index (χ0) is 18.4. The van der Waals surface area contributed by atoms with Crippen molar-refractivity contribution in [2.24, 2.45) is 0 Å². The number of nitrogens with zero attached hydrogens (tertiary/aromatic N) is 3. The smallest absolute Gasteiger partial charge is 0.241 e. The van der Waals surface area contributed by atoms with E-state index in [1.54, 1.807) is 6.07 Å². The van der Waals surface area contributed by atoms with Gasteiger partial charge >= 0.3 is 0 Å². The third kappa shape index (κ3) is 4.94. The highest BCUT2D eigenvalue weighted by atomic mass is 16.3. The average Bonchev–Trinajstić information content (AvgIpc) is 2.60. The average molecular weight is 344 g/mol. The first-order chi connectivity index (χ1) is 12.0. The second-order valence-electron chi connectivity index (χ2n) is 6.82. The standard InChI is InChI=1S/C19H28N4O2/c1-4-5-18(22(2)3)19(25)21-15-6-7-17(14(12-15)13-20)23-10-8-16(24)9-11-23/h6-7,12,16,18,24H,4-5,8-11H2,1-3H3,(H,21,25). The third-order valence-corrected chi connectivity index (χ3v) is 4.68. The molecule has 136 valence electrons. The second-order valence-corrected chi connectivity index (χ2v) is 6.82. The van der Waals surface area contributed by atoms with E-state index in [4.69, 9.17) is 0 Å². The molecule has 0 radical (unpaired) electrons. The molecule has 1 amide bonds. The molecule has 1 fully saturated rings. The fraction of sp³-hybridized carbons (Fsp3) is 0.579. The van der Waals surface area contributed by atoms with Crippen LogP contribution in [0.2, 0.25) is 0 Å². The number of anilines is 2. The molecule has 2 N–H and O–H groups in total. The van der Waals surface area contributed by atoms with Crippen LogP contribution in [0.3, 0.4) is 0 Å². The lowest BCUT2D eigenvalue weighted by Gasteiger charge is -2.32. The van der Waals surface area contributed by atoms with E-state index in [0.717, 1.165) is 31.6 Å². The zero-order valence-electron chi connectivity index (χ0n) is 15.3. The molecule has 0 spiro atoms. The Kier molecular flexibility index (Phi) is 6.80. The molecule has 25 heavy (non-hydrogen) atoms. The molecule has 1 aliphatic rings. The highest BCUT2D eigenvalue weighted by molar-refractivity contribution is 5.95. The van der Waals surface area contributed by atoms with Crippen molar-refractivity contribution in [1.82, 2.24) is 4.90 Å². The first kappa shape index (κ1) is 19.2. The van der Waals surface area contributed by atoms with E-state index < -0.39 is 0 Å². The molecule has 6 nitrogen and oxygen atoms in total. The summed E-state index contributed by atoms with van der Waals surface area (Å²) in [5.74, 6) is -0.0513. The van der Waals surface area contributed by atoms with Crippen LogP contribution in [0.5, 0.6) is 0 Å². The molecule has 6 heteroatoms. The Morgan fingerprint density at radius 2 is 2.12 bits per heavy atom. The van der Waals surface area contributed by atoms with Crippen LogP contribution < -0.4 is 10.2 Å². The van der Waals surface area contributed by atoms with Crippen molar-refractivity contribution in [3.05, 3.63) is 23.8 Å². The SMILES string of the molecule is CCCC(C(=O)Nc1ccc(N2CCC(O)CC2)c(C#N)c1)N(C)C. The van der Waals surface area contributed by atoms with E-state index in [0.29, 0.717) is 24.1 Å². The minimum absolute atomic E-state index is 0.0513. The molecule has 1 unspecified atom stereocenters. The Bertz CT molecular complexity index is 631. The van der Waals surface area contributed by atoms with Crippen LogP contribution in [0.4, 0.5) is 11.4 Å². The van der Waals surface area contributed by atoms with Crippen LogP contribution in [-0.2, 0) is 4.79 Å². The number of benzene rings is 1. The molecule has 0 aromatic heterocycles. The summed E-state index contributed by atoms with van der Waals surface area (Å²) in [5.41, 5.74) is 2.06. The molecule has 0 saturated carbocycles. The van der Waals surface area contributed by atoms with Crippen LogP contribution in [0.15, 0.2) is 18.2 Å². The molecule has 1 aromatic carbocycles. The Balaban J connectivity index is 2.13. The van der Waals surface area contributed by atoms with Crippen LogP contribution in [-0.4, -0.2) is 55.2 Å². The number of carbonyl (C=O) groups excluding carboxylic acids is 1. The minimum atomic E-state index is -0.248. The van der Waals surface area contributed by atoms with Crippen LogP contribution in [0.1, 0.15) is 38.2 Å². The van der Waals surface area contributed by atoms with Gasteiger partial charge in [0.2, 0.25) is 5.91 Å². The van der Waals surface area contributed by atoms with E-state index in [9.17, 15) is 15.2 Å². The number of likely N-dealkylation sites (N-methyl/N-ethyl adjacent to an activating group) is 1. The van der Waals surface area contributed by atoms with Crippen molar-refractivity contribution in [2.45, 2.75) is 44.8 Å². The topological polar surface area (TPSA) is 79.6 Å². The molecule has 2 rings (SSSR count). The van der Waals surface area contributed by atoms with Crippen LogP contribution in [0.25, 0.3) is 0 Å². The van der Waals surface area contributed by atoms with E-state index in [2.05, 4.69) is 23.2 Å². The van der Waals surface area contributed by atoms with Crippen LogP contribution >= 0.6 is 0 Å². The number of nitriles is 1. The van der Waals surface area contributed by atoms with Crippen molar-refractivity contribution in [3.8, 4) is 6.07 Å². The van der Waals surface area contributed by atoms with Crippen molar-refractivity contribution >= 4 is 17.3 Å². The Morgan fingerprint density at radius 3 is 2.68 bits per heavy atom. The Morgan fingerprint density at radius 1 is 1.44 bits per heavy atom. The van der Waals surface area contributed by atoms with Gasteiger partial charge in [0, 0.05) is 18.8 Å². The van der Waals surface area contributed by atoms with E-state index in [-0.39, 0.29) is 18.1 Å². The molecule has 1 aliphatic heterocycles. The Hall–Kier alpha value is -2.10. The molecule has 1 heterocycles. The predicted molar refractivity (Wildman–Crippen MR) is 99.6 cm³/mol. The number of carbonyl (C=O) groups is 1. The Labute approximate surface area is 150 Å². The molecular formula is C19H28N4O2. The lowest BCUT2D eigenvalue weighted by atomic mass is 10.0. The summed E-state index contributed by atoms with van der Waals surface area (Å²) in [6.45, 7) is 3.53. The number of hydrogen-bond donors (Lipinski definition) is 2. The fourth-order valence-electron chi connectivity index (χ4n) is 3.21. The van der Waals surface area contributed by atoms with Gasteiger partial charge in [-0.15, -0.1) is 0 Å². The van der Waals surface area contributed by atoms with Gasteiger partial charge in [0.15, 0.2) is 0 Å². The lowest BCUT2D eigenvalue weighted by Crippen LogP contribution is -2.39. The molecule has 1 atom stereocenters. The number of aliphatic hydroxyl groups is 1. The van der Waals surface area contributed by atoms with E-state index in [1.165, 1.54) is 0 Å². The van der Waals surface area contributed by atoms with Gasteiger partial charge in [-0.25, -0.2) is 0 Å². The summed E-state index contributed by atoms with van der Waals surface area (Å²) in [6.07, 6.45) is 2.90. The monoisotopic (exact) mass is 344 g/mol. The highest BCUT2D eigenvalue weighted by Crippen LogP contribution is 2.27. The van der Waals surface area contributed by atoms with E-state index in [1.807, 2.05) is 31.1 Å². The molecule has 0 aliphatic carbocycles. The van der Waals surface area contributed by atoms with Crippen molar-refractivity contribution in [1.29, 1.82) is 5.26 Å². The number of piperidine rings is 1. The van der Waals surface area contributed by atoms with Crippen molar-refractivity contribution < 1.29 is 9.90 Å². The van der Waals surface area contributed by atoms with Gasteiger partial charge in [-0.3, -0.25) is 9.69 Å². The first-order valence-corrected chi connectivity index (χ1v) is 8.90. The number of amides is 1. The van der Waals surface area contributed by atoms with Gasteiger partial charge < -0.3 is 15.3 Å². The maximum Gasteiger partial charge on any atom is 0.241 e. The summed E-state index contributed by atoms with van der Waals surface area (Å²) in [6, 6.07) is 7.51. The van der Waals surface area contributed by atoms with E-state index >= 15 is 0 Å². The van der Waals surface area contributed by atoms with Gasteiger partial charge in [0.25, 0.3) is 0 Å². The van der Waals surface area contributed by atoms with Crippen molar-refractivity contribution in [2.75, 3.05) is 37.4 Å². The largest absolute Gasteiger partial charge is 0.393 e. The van der Waals surface area contributed by atoms with Crippen LogP contribution in [0, 0.1) is 11.3 Å². The van der Waals surface area contributed by atoms with Gasteiger partial charge in [-0.05, 0) is 51.6 Å². The molecule has 1 aromatic rings. The second kappa shape index (κ2) is 8.84. The number of nitrogens with one attached hydrogen (secondary N) is 1. The zero-order valence-corrected chi connectivity index (χ0v) is 15.3. The number of rotatable bonds is 6. The maximum atomic E-state index is 12.5. The normalized spacial score (nSPS) is 16.6. The quantitative estimate of drug-likeness (QED) is 0.827. The number of hydrogen-bond acceptors (Lipinski definition) is 5.